The molecular formula is C22H29FN8O5S. The van der Waals surface area contributed by atoms with Gasteiger partial charge in [-0.15, -0.1) is 10.2 Å². The largest absolute Gasteiger partial charge is 0.479 e. The highest BCUT2D eigenvalue weighted by Crippen LogP contribution is 2.40. The predicted octanol–water partition coefficient (Wildman–Crippen LogP) is 2.30. The van der Waals surface area contributed by atoms with Crippen LogP contribution in [-0.4, -0.2) is 75.9 Å². The molecule has 4 atom stereocenters. The monoisotopic (exact) mass is 536 g/mol. The van der Waals surface area contributed by atoms with Crippen molar-refractivity contribution < 1.29 is 27.0 Å². The van der Waals surface area contributed by atoms with Crippen molar-refractivity contribution in [1.82, 2.24) is 34.7 Å². The number of ether oxygens (including phenoxy) is 3. The van der Waals surface area contributed by atoms with Crippen LogP contribution >= 0.6 is 0 Å². The normalized spacial score (nSPS) is 19.4. The molecule has 0 saturated heterocycles. The van der Waals surface area contributed by atoms with Gasteiger partial charge in [0.1, 0.15) is 29.7 Å². The van der Waals surface area contributed by atoms with Gasteiger partial charge in [0.05, 0.1) is 14.2 Å². The van der Waals surface area contributed by atoms with Gasteiger partial charge in [-0.2, -0.15) is 9.97 Å². The zero-order valence-corrected chi connectivity index (χ0v) is 21.9. The summed E-state index contributed by atoms with van der Waals surface area (Å²) in [6.45, 7) is 3.29. The summed E-state index contributed by atoms with van der Waals surface area (Å²) in [7, 11) is 0.0355. The summed E-state index contributed by atoms with van der Waals surface area (Å²) in [5.74, 6) is 0.267. The molecule has 15 heteroatoms. The van der Waals surface area contributed by atoms with Gasteiger partial charge < -0.3 is 14.2 Å². The van der Waals surface area contributed by atoms with Crippen molar-refractivity contribution in [2.24, 2.45) is 0 Å². The van der Waals surface area contributed by atoms with E-state index in [9.17, 15) is 12.8 Å². The summed E-state index contributed by atoms with van der Waals surface area (Å²) in [5, 5.41) is 7.21. The highest BCUT2D eigenvalue weighted by molar-refractivity contribution is 7.93. The molecule has 1 saturated carbocycles. The van der Waals surface area contributed by atoms with E-state index in [4.69, 9.17) is 14.2 Å². The number of nitrogens with zero attached hydrogens (tertiary/aromatic N) is 7. The van der Waals surface area contributed by atoms with Crippen LogP contribution in [0.1, 0.15) is 55.4 Å². The summed E-state index contributed by atoms with van der Waals surface area (Å²) >= 11 is 0. The second-order valence-corrected chi connectivity index (χ2v) is 10.7. The predicted molar refractivity (Wildman–Crippen MR) is 130 cm³/mol. The molecule has 1 fully saturated rings. The van der Waals surface area contributed by atoms with Gasteiger partial charge in [0.2, 0.25) is 27.7 Å². The summed E-state index contributed by atoms with van der Waals surface area (Å²) in [6, 6.07) is 0. The van der Waals surface area contributed by atoms with Gasteiger partial charge in [0, 0.05) is 25.4 Å². The van der Waals surface area contributed by atoms with Gasteiger partial charge in [-0.1, -0.05) is 0 Å². The third-order valence-electron chi connectivity index (χ3n) is 6.25. The Hall–Kier alpha value is -3.46. The molecule has 4 rings (SSSR count). The average Bonchev–Trinajstić information content (AvgIpc) is 3.50. The standard InChI is InChI=1S/C22H29FN8O5S/c1-12-9-24-18(25-10-12)17(34-3)13(2)37(32,33)30-22-29-28-19(14-6-7-15(23)8-14)31(22)16-20(35-4)26-11-27-21(16)36-5/h9-11,13-15,17H,6-8H2,1-5H3,(H,29,30)/t13-,14+,15+,17-/m0/s1. The fourth-order valence-corrected chi connectivity index (χ4v) is 5.42. The van der Waals surface area contributed by atoms with Crippen LogP contribution in [0.4, 0.5) is 10.3 Å². The molecule has 0 unspecified atom stereocenters. The number of rotatable bonds is 10. The number of hydrogen-bond acceptors (Lipinski definition) is 11. The molecule has 0 spiro atoms. The molecule has 0 aromatic carbocycles. The molecule has 3 aromatic rings. The summed E-state index contributed by atoms with van der Waals surface area (Å²) < 4.78 is 61.4. The molecule has 37 heavy (non-hydrogen) atoms. The van der Waals surface area contributed by atoms with Gasteiger partial charge in [0.25, 0.3) is 0 Å². The zero-order chi connectivity index (χ0) is 26.7. The molecule has 13 nitrogen and oxygen atoms in total. The van der Waals surface area contributed by atoms with Gasteiger partial charge in [0.15, 0.2) is 11.5 Å². The fraction of sp³-hybridized carbons (Fsp3) is 0.545. The van der Waals surface area contributed by atoms with Crippen molar-refractivity contribution in [1.29, 1.82) is 0 Å². The first-order valence-electron chi connectivity index (χ1n) is 11.6. The van der Waals surface area contributed by atoms with Crippen LogP contribution in [-0.2, 0) is 14.8 Å². The first-order valence-corrected chi connectivity index (χ1v) is 13.1. The van der Waals surface area contributed by atoms with Crippen LogP contribution < -0.4 is 14.2 Å². The minimum absolute atomic E-state index is 0.0963. The third-order valence-corrected chi connectivity index (χ3v) is 7.94. The van der Waals surface area contributed by atoms with E-state index >= 15 is 0 Å². The number of methoxy groups -OCH3 is 3. The van der Waals surface area contributed by atoms with Crippen molar-refractivity contribution in [3.8, 4) is 17.4 Å². The van der Waals surface area contributed by atoms with Crippen molar-refractivity contribution in [3.05, 3.63) is 35.9 Å². The molecule has 3 aromatic heterocycles. The van der Waals surface area contributed by atoms with E-state index in [1.54, 1.807) is 12.4 Å². The molecule has 0 aliphatic heterocycles. The lowest BCUT2D eigenvalue weighted by Crippen LogP contribution is -2.33. The Morgan fingerprint density at radius 3 is 2.24 bits per heavy atom. The number of anilines is 1. The second-order valence-electron chi connectivity index (χ2n) is 8.69. The van der Waals surface area contributed by atoms with E-state index in [1.165, 1.54) is 39.1 Å². The van der Waals surface area contributed by atoms with Crippen molar-refractivity contribution in [2.45, 2.75) is 56.6 Å². The van der Waals surface area contributed by atoms with Crippen LogP contribution in [0.25, 0.3) is 5.69 Å². The SMILES string of the molecule is COc1ncnc(OC)c1-n1c(NS(=O)(=O)[C@@H](C)[C@H](OC)c2ncc(C)cn2)nnc1[C@@H]1CC[C@@H](F)C1. The Morgan fingerprint density at radius 2 is 1.70 bits per heavy atom. The maximum absolute atomic E-state index is 14.1. The Kier molecular flexibility index (Phi) is 7.82. The lowest BCUT2D eigenvalue weighted by atomic mass is 10.1. The number of nitrogens with one attached hydrogen (secondary N) is 1. The van der Waals surface area contributed by atoms with Gasteiger partial charge >= 0.3 is 0 Å². The molecule has 1 aliphatic carbocycles. The van der Waals surface area contributed by atoms with E-state index < -0.39 is 27.5 Å². The van der Waals surface area contributed by atoms with E-state index in [0.29, 0.717) is 18.7 Å². The van der Waals surface area contributed by atoms with Crippen molar-refractivity contribution in [2.75, 3.05) is 26.1 Å². The maximum atomic E-state index is 14.1. The molecule has 0 amide bonds. The number of aryl methyl sites for hydroxylation is 1. The summed E-state index contributed by atoms with van der Waals surface area (Å²) in [5.41, 5.74) is 1.01. The minimum atomic E-state index is -4.15. The lowest BCUT2D eigenvalue weighted by molar-refractivity contribution is 0.0949. The van der Waals surface area contributed by atoms with Crippen LogP contribution in [0.3, 0.4) is 0 Å². The van der Waals surface area contributed by atoms with Crippen LogP contribution in [0.15, 0.2) is 18.7 Å². The van der Waals surface area contributed by atoms with E-state index in [2.05, 4.69) is 34.9 Å². The molecule has 0 bridgehead atoms. The zero-order valence-electron chi connectivity index (χ0n) is 21.1. The molecule has 1 N–H and O–H groups in total. The maximum Gasteiger partial charge on any atom is 0.245 e. The van der Waals surface area contributed by atoms with Crippen LogP contribution in [0.5, 0.6) is 11.8 Å². The second kappa shape index (κ2) is 10.9. The molecule has 200 valence electrons. The molecule has 3 heterocycles. The van der Waals surface area contributed by atoms with Gasteiger partial charge in [-0.05, 0) is 38.7 Å². The van der Waals surface area contributed by atoms with Crippen molar-refractivity contribution in [3.63, 3.8) is 0 Å². The first kappa shape index (κ1) is 26.6. The first-order chi connectivity index (χ1) is 17.7. The Morgan fingerprint density at radius 1 is 1.05 bits per heavy atom. The number of sulfonamides is 1. The average molecular weight is 537 g/mol. The van der Waals surface area contributed by atoms with E-state index in [-0.39, 0.29) is 41.6 Å². The van der Waals surface area contributed by atoms with Gasteiger partial charge in [-0.25, -0.2) is 22.8 Å². The quantitative estimate of drug-likeness (QED) is 0.405. The third kappa shape index (κ3) is 5.32. The van der Waals surface area contributed by atoms with Gasteiger partial charge in [-0.3, -0.25) is 9.29 Å². The Bertz CT molecular complexity index is 1320. The number of alkyl halides is 1. The topological polar surface area (TPSA) is 156 Å². The van der Waals surface area contributed by atoms with Crippen LogP contribution in [0, 0.1) is 6.92 Å². The van der Waals surface area contributed by atoms with E-state index in [1.807, 2.05) is 6.92 Å². The highest BCUT2D eigenvalue weighted by Gasteiger charge is 2.37. The van der Waals surface area contributed by atoms with Crippen molar-refractivity contribution >= 4 is 16.0 Å². The highest BCUT2D eigenvalue weighted by atomic mass is 32.2. The molecular weight excluding hydrogens is 507 g/mol. The number of hydrogen-bond donors (Lipinski definition) is 1. The summed E-state index contributed by atoms with van der Waals surface area (Å²) in [6.07, 6.45) is 3.53. The lowest BCUT2D eigenvalue weighted by Gasteiger charge is -2.23. The molecule has 1 aliphatic rings. The minimum Gasteiger partial charge on any atom is -0.479 e. The summed E-state index contributed by atoms with van der Waals surface area (Å²) in [4.78, 5) is 16.7. The fourth-order valence-electron chi connectivity index (χ4n) is 4.29. The smallest absolute Gasteiger partial charge is 0.245 e. The number of aromatic nitrogens is 7. The van der Waals surface area contributed by atoms with E-state index in [0.717, 1.165) is 5.56 Å². The molecule has 0 radical (unpaired) electrons. The van der Waals surface area contributed by atoms with Crippen LogP contribution in [0.2, 0.25) is 0 Å². The Balaban J connectivity index is 1.78. The number of halogens is 1. The Labute approximate surface area is 213 Å².